The summed E-state index contributed by atoms with van der Waals surface area (Å²) >= 11 is 0. The Kier molecular flexibility index (Phi) is 5.63. The van der Waals surface area contributed by atoms with Gasteiger partial charge in [0.25, 0.3) is 0 Å². The standard InChI is InChI=1S/C15H32N2O/c1-13(2)17(6)12-15(7-9-18-10-8-15)11-16-14(3,4)5/h13,16H,7-12H2,1-6H3. The van der Waals surface area contributed by atoms with Crippen molar-refractivity contribution in [2.75, 3.05) is 33.4 Å². The quantitative estimate of drug-likeness (QED) is 0.818. The second-order valence-electron chi connectivity index (χ2n) is 7.22. The average molecular weight is 256 g/mol. The molecule has 18 heavy (non-hydrogen) atoms. The summed E-state index contributed by atoms with van der Waals surface area (Å²) in [4.78, 5) is 2.47. The van der Waals surface area contributed by atoms with Crippen molar-refractivity contribution in [2.45, 2.75) is 59.0 Å². The average Bonchev–Trinajstić information content (AvgIpc) is 2.27. The number of nitrogens with one attached hydrogen (secondary N) is 1. The van der Waals surface area contributed by atoms with E-state index in [1.807, 2.05) is 0 Å². The maximum Gasteiger partial charge on any atom is 0.0472 e. The van der Waals surface area contributed by atoms with Crippen LogP contribution in [-0.2, 0) is 4.74 Å². The largest absolute Gasteiger partial charge is 0.381 e. The fourth-order valence-corrected chi connectivity index (χ4v) is 2.36. The minimum absolute atomic E-state index is 0.196. The van der Waals surface area contributed by atoms with Crippen LogP contribution in [0.4, 0.5) is 0 Å². The minimum Gasteiger partial charge on any atom is -0.381 e. The number of ether oxygens (including phenoxy) is 1. The van der Waals surface area contributed by atoms with Crippen molar-refractivity contribution in [1.29, 1.82) is 0 Å². The van der Waals surface area contributed by atoms with Crippen molar-refractivity contribution >= 4 is 0 Å². The van der Waals surface area contributed by atoms with Crippen LogP contribution in [-0.4, -0.2) is 49.8 Å². The highest BCUT2D eigenvalue weighted by Gasteiger charge is 2.34. The normalized spacial score (nSPS) is 20.7. The highest BCUT2D eigenvalue weighted by molar-refractivity contribution is 4.89. The van der Waals surface area contributed by atoms with Gasteiger partial charge in [-0.1, -0.05) is 0 Å². The number of nitrogens with zero attached hydrogens (tertiary/aromatic N) is 1. The van der Waals surface area contributed by atoms with E-state index in [-0.39, 0.29) is 5.54 Å². The Labute approximate surface area is 113 Å². The van der Waals surface area contributed by atoms with Crippen LogP contribution in [0.5, 0.6) is 0 Å². The monoisotopic (exact) mass is 256 g/mol. The van der Waals surface area contributed by atoms with E-state index < -0.39 is 0 Å². The molecule has 0 radical (unpaired) electrons. The highest BCUT2D eigenvalue weighted by atomic mass is 16.5. The van der Waals surface area contributed by atoms with Crippen LogP contribution >= 0.6 is 0 Å². The molecule has 0 unspecified atom stereocenters. The van der Waals surface area contributed by atoms with Crippen LogP contribution in [0.1, 0.15) is 47.5 Å². The highest BCUT2D eigenvalue weighted by Crippen LogP contribution is 2.31. The summed E-state index contributed by atoms with van der Waals surface area (Å²) in [6.07, 6.45) is 2.35. The Morgan fingerprint density at radius 1 is 1.22 bits per heavy atom. The lowest BCUT2D eigenvalue weighted by molar-refractivity contribution is -0.00730. The Hall–Kier alpha value is -0.120. The van der Waals surface area contributed by atoms with Gasteiger partial charge in [0.1, 0.15) is 0 Å². The third-order valence-electron chi connectivity index (χ3n) is 4.01. The molecule has 108 valence electrons. The smallest absolute Gasteiger partial charge is 0.0472 e. The first kappa shape index (κ1) is 15.9. The van der Waals surface area contributed by atoms with Crippen molar-refractivity contribution in [3.63, 3.8) is 0 Å². The number of rotatable bonds is 5. The van der Waals surface area contributed by atoms with Gasteiger partial charge < -0.3 is 15.0 Å². The van der Waals surface area contributed by atoms with E-state index in [0.29, 0.717) is 11.5 Å². The number of hydrogen-bond acceptors (Lipinski definition) is 3. The van der Waals surface area contributed by atoms with Crippen LogP contribution in [0.15, 0.2) is 0 Å². The second-order valence-corrected chi connectivity index (χ2v) is 7.22. The van der Waals surface area contributed by atoms with Gasteiger partial charge in [0.05, 0.1) is 0 Å². The number of hydrogen-bond donors (Lipinski definition) is 1. The summed E-state index contributed by atoms with van der Waals surface area (Å²) in [5.41, 5.74) is 0.576. The molecule has 0 saturated carbocycles. The fraction of sp³-hybridized carbons (Fsp3) is 1.00. The van der Waals surface area contributed by atoms with Gasteiger partial charge in [-0.05, 0) is 59.9 Å². The summed E-state index contributed by atoms with van der Waals surface area (Å²) in [7, 11) is 2.24. The molecule has 1 rings (SSSR count). The van der Waals surface area contributed by atoms with Gasteiger partial charge in [0.15, 0.2) is 0 Å². The maximum absolute atomic E-state index is 5.55. The van der Waals surface area contributed by atoms with Crippen LogP contribution in [0.25, 0.3) is 0 Å². The molecular weight excluding hydrogens is 224 g/mol. The molecule has 3 heteroatoms. The van der Waals surface area contributed by atoms with Gasteiger partial charge >= 0.3 is 0 Å². The molecule has 3 nitrogen and oxygen atoms in total. The molecule has 1 N–H and O–H groups in total. The third-order valence-corrected chi connectivity index (χ3v) is 4.01. The van der Waals surface area contributed by atoms with Crippen LogP contribution in [0, 0.1) is 5.41 Å². The Morgan fingerprint density at radius 2 is 1.78 bits per heavy atom. The molecule has 1 saturated heterocycles. The molecule has 0 amide bonds. The van der Waals surface area contributed by atoms with E-state index in [1.165, 1.54) is 12.8 Å². The van der Waals surface area contributed by atoms with E-state index >= 15 is 0 Å². The van der Waals surface area contributed by atoms with Gasteiger partial charge in [0, 0.05) is 37.9 Å². The fourth-order valence-electron chi connectivity index (χ4n) is 2.36. The van der Waals surface area contributed by atoms with Crippen LogP contribution in [0.2, 0.25) is 0 Å². The van der Waals surface area contributed by atoms with Crippen molar-refractivity contribution in [2.24, 2.45) is 5.41 Å². The van der Waals surface area contributed by atoms with Crippen molar-refractivity contribution in [3.8, 4) is 0 Å². The summed E-state index contributed by atoms with van der Waals surface area (Å²) in [6, 6.07) is 0.611. The zero-order valence-corrected chi connectivity index (χ0v) is 13.2. The molecule has 1 heterocycles. The molecule has 0 aliphatic carbocycles. The van der Waals surface area contributed by atoms with E-state index in [0.717, 1.165) is 26.3 Å². The molecule has 1 aliphatic rings. The maximum atomic E-state index is 5.55. The van der Waals surface area contributed by atoms with Gasteiger partial charge in [-0.15, -0.1) is 0 Å². The topological polar surface area (TPSA) is 24.5 Å². The van der Waals surface area contributed by atoms with Crippen LogP contribution < -0.4 is 5.32 Å². The predicted molar refractivity (Wildman–Crippen MR) is 78.0 cm³/mol. The summed E-state index contributed by atoms with van der Waals surface area (Å²) in [5, 5.41) is 3.69. The first-order chi connectivity index (χ1) is 8.24. The first-order valence-corrected chi connectivity index (χ1v) is 7.27. The molecule has 0 aromatic heterocycles. The van der Waals surface area contributed by atoms with Gasteiger partial charge in [-0.25, -0.2) is 0 Å². The lowest BCUT2D eigenvalue weighted by Crippen LogP contribution is -2.51. The molecule has 0 aromatic rings. The van der Waals surface area contributed by atoms with Gasteiger partial charge in [0.2, 0.25) is 0 Å². The molecule has 1 aliphatic heterocycles. The minimum atomic E-state index is 0.196. The predicted octanol–water partition coefficient (Wildman–Crippen LogP) is 2.51. The molecule has 0 aromatic carbocycles. The summed E-state index contributed by atoms with van der Waals surface area (Å²) < 4.78 is 5.55. The molecule has 0 bridgehead atoms. The Morgan fingerprint density at radius 3 is 2.22 bits per heavy atom. The Bertz CT molecular complexity index is 239. The van der Waals surface area contributed by atoms with Crippen LogP contribution in [0.3, 0.4) is 0 Å². The van der Waals surface area contributed by atoms with Crippen molar-refractivity contribution in [3.05, 3.63) is 0 Å². The molecule has 0 atom stereocenters. The summed E-state index contributed by atoms with van der Waals surface area (Å²) in [5.74, 6) is 0. The lowest BCUT2D eigenvalue weighted by atomic mass is 9.78. The second kappa shape index (κ2) is 6.36. The summed E-state index contributed by atoms with van der Waals surface area (Å²) in [6.45, 7) is 15.3. The zero-order chi connectivity index (χ0) is 13.8. The SMILES string of the molecule is CC(C)N(C)CC1(CNC(C)(C)C)CCOCC1. The zero-order valence-electron chi connectivity index (χ0n) is 13.2. The first-order valence-electron chi connectivity index (χ1n) is 7.27. The van der Waals surface area contributed by atoms with E-state index in [4.69, 9.17) is 4.74 Å². The van der Waals surface area contributed by atoms with E-state index in [1.54, 1.807) is 0 Å². The van der Waals surface area contributed by atoms with Gasteiger partial charge in [-0.3, -0.25) is 0 Å². The van der Waals surface area contributed by atoms with E-state index in [9.17, 15) is 0 Å². The van der Waals surface area contributed by atoms with E-state index in [2.05, 4.69) is 51.9 Å². The van der Waals surface area contributed by atoms with Crippen molar-refractivity contribution < 1.29 is 4.74 Å². The third kappa shape index (κ3) is 5.25. The molecular formula is C15H32N2O. The van der Waals surface area contributed by atoms with Gasteiger partial charge in [-0.2, -0.15) is 0 Å². The Balaban J connectivity index is 2.63. The lowest BCUT2D eigenvalue weighted by Gasteiger charge is -2.43. The molecule has 0 spiro atoms. The van der Waals surface area contributed by atoms with Crippen molar-refractivity contribution in [1.82, 2.24) is 10.2 Å². The molecule has 1 fully saturated rings.